The first kappa shape index (κ1) is 11.4. The quantitative estimate of drug-likeness (QED) is 0.562. The summed E-state index contributed by atoms with van der Waals surface area (Å²) in [6.07, 6.45) is 0.554. The second-order valence-corrected chi connectivity index (χ2v) is 3.46. The van der Waals surface area contributed by atoms with Gasteiger partial charge in [0.1, 0.15) is 5.78 Å². The molecule has 0 atom stereocenters. The lowest BCUT2D eigenvalue weighted by Crippen LogP contribution is -2.04. The second kappa shape index (κ2) is 4.68. The van der Waals surface area contributed by atoms with Crippen molar-refractivity contribution >= 4 is 11.5 Å². The van der Waals surface area contributed by atoms with Crippen LogP contribution in [0.2, 0.25) is 0 Å². The standard InChI is InChI=1S/C11H13NO3/c1-3-10(13)7-9-5-4-8(2)6-11(9)12(14)15/h4-6H,3,7H2,1-2H3. The lowest BCUT2D eigenvalue weighted by atomic mass is 10.0. The molecule has 0 aliphatic carbocycles. The first-order chi connectivity index (χ1) is 7.04. The van der Waals surface area contributed by atoms with Crippen molar-refractivity contribution in [3.8, 4) is 0 Å². The minimum atomic E-state index is -0.439. The van der Waals surface area contributed by atoms with Crippen LogP contribution in [0.4, 0.5) is 5.69 Å². The number of nitro benzene ring substituents is 1. The van der Waals surface area contributed by atoms with Gasteiger partial charge in [-0.2, -0.15) is 0 Å². The molecule has 0 radical (unpaired) electrons. The zero-order chi connectivity index (χ0) is 11.4. The number of benzene rings is 1. The Bertz CT molecular complexity index is 399. The molecule has 0 amide bonds. The van der Waals surface area contributed by atoms with Crippen molar-refractivity contribution < 1.29 is 9.72 Å². The summed E-state index contributed by atoms with van der Waals surface area (Å²) in [5, 5.41) is 10.7. The Morgan fingerprint density at radius 2 is 2.13 bits per heavy atom. The molecule has 1 aromatic carbocycles. The lowest BCUT2D eigenvalue weighted by Gasteiger charge is -2.02. The van der Waals surface area contributed by atoms with E-state index in [-0.39, 0.29) is 17.9 Å². The van der Waals surface area contributed by atoms with Gasteiger partial charge in [-0.25, -0.2) is 0 Å². The van der Waals surface area contributed by atoms with Crippen LogP contribution >= 0.6 is 0 Å². The van der Waals surface area contributed by atoms with Gasteiger partial charge < -0.3 is 0 Å². The van der Waals surface area contributed by atoms with Crippen LogP contribution in [0.5, 0.6) is 0 Å². The summed E-state index contributed by atoms with van der Waals surface area (Å²) in [4.78, 5) is 21.5. The number of nitro groups is 1. The van der Waals surface area contributed by atoms with Gasteiger partial charge in [-0.1, -0.05) is 19.1 Å². The zero-order valence-corrected chi connectivity index (χ0v) is 8.82. The van der Waals surface area contributed by atoms with E-state index in [0.29, 0.717) is 12.0 Å². The summed E-state index contributed by atoms with van der Waals surface area (Å²) in [5.41, 5.74) is 1.36. The molecule has 0 aliphatic heterocycles. The van der Waals surface area contributed by atoms with E-state index in [9.17, 15) is 14.9 Å². The molecule has 4 nitrogen and oxygen atoms in total. The summed E-state index contributed by atoms with van der Waals surface area (Å²) in [6, 6.07) is 4.94. The molecule has 0 bridgehead atoms. The Morgan fingerprint density at radius 3 is 2.67 bits per heavy atom. The highest BCUT2D eigenvalue weighted by atomic mass is 16.6. The normalized spacial score (nSPS) is 10.0. The molecule has 1 rings (SSSR count). The fraction of sp³-hybridized carbons (Fsp3) is 0.364. The van der Waals surface area contributed by atoms with Gasteiger partial charge in [-0.3, -0.25) is 14.9 Å². The number of rotatable bonds is 4. The van der Waals surface area contributed by atoms with Crippen LogP contribution in [0.1, 0.15) is 24.5 Å². The van der Waals surface area contributed by atoms with Gasteiger partial charge in [0.25, 0.3) is 5.69 Å². The zero-order valence-electron chi connectivity index (χ0n) is 8.82. The van der Waals surface area contributed by atoms with Gasteiger partial charge in [0, 0.05) is 24.5 Å². The average Bonchev–Trinajstić information content (AvgIpc) is 2.20. The van der Waals surface area contributed by atoms with Crippen molar-refractivity contribution in [2.75, 3.05) is 0 Å². The minimum Gasteiger partial charge on any atom is -0.299 e. The summed E-state index contributed by atoms with van der Waals surface area (Å²) >= 11 is 0. The van der Waals surface area contributed by atoms with E-state index in [4.69, 9.17) is 0 Å². The van der Waals surface area contributed by atoms with E-state index >= 15 is 0 Å². The van der Waals surface area contributed by atoms with E-state index in [2.05, 4.69) is 0 Å². The monoisotopic (exact) mass is 207 g/mol. The number of hydrogen-bond acceptors (Lipinski definition) is 3. The molecule has 0 aliphatic rings. The van der Waals surface area contributed by atoms with Crippen LogP contribution in [0.3, 0.4) is 0 Å². The van der Waals surface area contributed by atoms with Crippen molar-refractivity contribution in [2.24, 2.45) is 0 Å². The Hall–Kier alpha value is -1.71. The SMILES string of the molecule is CCC(=O)Cc1ccc(C)cc1[N+](=O)[O-]. The maximum absolute atomic E-state index is 11.2. The molecule has 0 N–H and O–H groups in total. The summed E-state index contributed by atoms with van der Waals surface area (Å²) in [7, 11) is 0. The van der Waals surface area contributed by atoms with Gasteiger partial charge in [-0.15, -0.1) is 0 Å². The highest BCUT2D eigenvalue weighted by Gasteiger charge is 2.15. The summed E-state index contributed by atoms with van der Waals surface area (Å²) in [6.45, 7) is 3.54. The predicted molar refractivity (Wildman–Crippen MR) is 56.8 cm³/mol. The Labute approximate surface area is 88.1 Å². The van der Waals surface area contributed by atoms with Gasteiger partial charge >= 0.3 is 0 Å². The molecule has 0 aromatic heterocycles. The van der Waals surface area contributed by atoms with Crippen LogP contribution < -0.4 is 0 Å². The third-order valence-electron chi connectivity index (χ3n) is 2.22. The number of carbonyl (C=O) groups is 1. The molecule has 0 heterocycles. The Morgan fingerprint density at radius 1 is 1.47 bits per heavy atom. The van der Waals surface area contributed by atoms with Gasteiger partial charge in [0.05, 0.1) is 4.92 Å². The molecule has 15 heavy (non-hydrogen) atoms. The number of aryl methyl sites for hydroxylation is 1. The highest BCUT2D eigenvalue weighted by Crippen LogP contribution is 2.20. The molecule has 0 fully saturated rings. The number of carbonyl (C=O) groups excluding carboxylic acids is 1. The smallest absolute Gasteiger partial charge is 0.273 e. The fourth-order valence-corrected chi connectivity index (χ4v) is 1.33. The van der Waals surface area contributed by atoms with Crippen LogP contribution in [0, 0.1) is 17.0 Å². The van der Waals surface area contributed by atoms with E-state index < -0.39 is 4.92 Å². The maximum Gasteiger partial charge on any atom is 0.273 e. The second-order valence-electron chi connectivity index (χ2n) is 3.46. The topological polar surface area (TPSA) is 60.2 Å². The van der Waals surface area contributed by atoms with Crippen LogP contribution in [0.25, 0.3) is 0 Å². The van der Waals surface area contributed by atoms with Crippen molar-refractivity contribution in [1.29, 1.82) is 0 Å². The number of ketones is 1. The van der Waals surface area contributed by atoms with E-state index in [1.165, 1.54) is 6.07 Å². The maximum atomic E-state index is 11.2. The molecule has 0 spiro atoms. The molecule has 4 heteroatoms. The summed E-state index contributed by atoms with van der Waals surface area (Å²) < 4.78 is 0. The predicted octanol–water partition coefficient (Wildman–Crippen LogP) is 2.42. The summed E-state index contributed by atoms with van der Waals surface area (Å²) in [5.74, 6) is 0.0157. The van der Waals surface area contributed by atoms with E-state index in [1.54, 1.807) is 26.0 Å². The lowest BCUT2D eigenvalue weighted by molar-refractivity contribution is -0.385. The van der Waals surface area contributed by atoms with Crippen molar-refractivity contribution in [3.05, 3.63) is 39.4 Å². The molecular weight excluding hydrogens is 194 g/mol. The molecule has 0 saturated carbocycles. The highest BCUT2D eigenvalue weighted by molar-refractivity contribution is 5.81. The molecule has 1 aromatic rings. The molecule has 0 unspecified atom stereocenters. The van der Waals surface area contributed by atoms with Crippen LogP contribution in [0.15, 0.2) is 18.2 Å². The van der Waals surface area contributed by atoms with Gasteiger partial charge in [-0.05, 0) is 12.5 Å². The fourth-order valence-electron chi connectivity index (χ4n) is 1.33. The Kier molecular flexibility index (Phi) is 3.55. The number of nitrogens with zero attached hydrogens (tertiary/aromatic N) is 1. The first-order valence-electron chi connectivity index (χ1n) is 4.80. The molecule has 80 valence electrons. The van der Waals surface area contributed by atoms with E-state index in [0.717, 1.165) is 5.56 Å². The van der Waals surface area contributed by atoms with Crippen molar-refractivity contribution in [2.45, 2.75) is 26.7 Å². The molecule has 0 saturated heterocycles. The number of Topliss-reactive ketones (excluding diaryl/α,β-unsaturated/α-hetero) is 1. The van der Waals surface area contributed by atoms with Crippen molar-refractivity contribution in [1.82, 2.24) is 0 Å². The van der Waals surface area contributed by atoms with Crippen LogP contribution in [-0.2, 0) is 11.2 Å². The Balaban J connectivity index is 3.06. The van der Waals surface area contributed by atoms with Crippen molar-refractivity contribution in [3.63, 3.8) is 0 Å². The largest absolute Gasteiger partial charge is 0.299 e. The minimum absolute atomic E-state index is 0.0157. The van der Waals surface area contributed by atoms with E-state index in [1.807, 2.05) is 0 Å². The van der Waals surface area contributed by atoms with Gasteiger partial charge in [0.2, 0.25) is 0 Å². The molecular formula is C11H13NO3. The number of hydrogen-bond donors (Lipinski definition) is 0. The average molecular weight is 207 g/mol. The van der Waals surface area contributed by atoms with Gasteiger partial charge in [0.15, 0.2) is 0 Å². The third-order valence-corrected chi connectivity index (χ3v) is 2.22. The van der Waals surface area contributed by atoms with Crippen LogP contribution in [-0.4, -0.2) is 10.7 Å². The first-order valence-corrected chi connectivity index (χ1v) is 4.80. The third kappa shape index (κ3) is 2.87.